The third-order valence-electron chi connectivity index (χ3n) is 4.76. The predicted molar refractivity (Wildman–Crippen MR) is 116 cm³/mol. The van der Waals surface area contributed by atoms with Crippen LogP contribution in [-0.4, -0.2) is 71.5 Å². The maximum absolute atomic E-state index is 13.9. The van der Waals surface area contributed by atoms with Crippen molar-refractivity contribution in [2.45, 2.75) is 38.8 Å². The van der Waals surface area contributed by atoms with Crippen LogP contribution >= 0.6 is 0 Å². The van der Waals surface area contributed by atoms with Crippen LogP contribution in [0.1, 0.15) is 31.7 Å². The number of aliphatic imine (C=N–C) groups is 1. The molecule has 2 N–H and O–H groups in total. The lowest BCUT2D eigenvalue weighted by Gasteiger charge is -2.23. The van der Waals surface area contributed by atoms with Crippen molar-refractivity contribution in [1.29, 1.82) is 0 Å². The lowest BCUT2D eigenvalue weighted by molar-refractivity contribution is 0.0200. The molecular formula is C20H33FN4O4S. The van der Waals surface area contributed by atoms with E-state index in [1.54, 1.807) is 12.1 Å². The SMILES string of the molecule is CCNC(=NCCS(=O)(=O)NCC1CCCCO1)N(C)Cc1ccc(OC)c(F)c1. The summed E-state index contributed by atoms with van der Waals surface area (Å²) in [5.41, 5.74) is 0.753. The molecule has 1 heterocycles. The van der Waals surface area contributed by atoms with Crippen LogP contribution in [0.5, 0.6) is 5.75 Å². The molecule has 2 rings (SSSR count). The molecule has 0 spiro atoms. The number of hydrogen-bond donors (Lipinski definition) is 2. The summed E-state index contributed by atoms with van der Waals surface area (Å²) in [6, 6.07) is 4.78. The van der Waals surface area contributed by atoms with Crippen LogP contribution in [0.15, 0.2) is 23.2 Å². The van der Waals surface area contributed by atoms with Gasteiger partial charge in [0.25, 0.3) is 0 Å². The van der Waals surface area contributed by atoms with E-state index in [0.29, 0.717) is 32.2 Å². The normalized spacial score (nSPS) is 17.6. The third kappa shape index (κ3) is 8.08. The third-order valence-corrected chi connectivity index (χ3v) is 6.09. The summed E-state index contributed by atoms with van der Waals surface area (Å²) in [7, 11) is -0.198. The van der Waals surface area contributed by atoms with E-state index < -0.39 is 15.8 Å². The van der Waals surface area contributed by atoms with Crippen molar-refractivity contribution < 1.29 is 22.3 Å². The Kier molecular flexibility index (Phi) is 9.80. The quantitative estimate of drug-likeness (QED) is 0.422. The first-order valence-electron chi connectivity index (χ1n) is 10.3. The topological polar surface area (TPSA) is 92.3 Å². The van der Waals surface area contributed by atoms with Gasteiger partial charge >= 0.3 is 0 Å². The minimum atomic E-state index is -3.44. The van der Waals surface area contributed by atoms with Crippen molar-refractivity contribution in [3.05, 3.63) is 29.6 Å². The number of rotatable bonds is 10. The van der Waals surface area contributed by atoms with Crippen LogP contribution in [0.2, 0.25) is 0 Å². The number of guanidine groups is 1. The molecule has 10 heteroatoms. The number of nitrogens with zero attached hydrogens (tertiary/aromatic N) is 2. The molecule has 0 aliphatic carbocycles. The molecular weight excluding hydrogens is 411 g/mol. The maximum Gasteiger partial charge on any atom is 0.213 e. The Hall–Kier alpha value is -1.91. The molecule has 1 saturated heterocycles. The van der Waals surface area contributed by atoms with Crippen molar-refractivity contribution in [2.75, 3.05) is 46.2 Å². The molecule has 1 fully saturated rings. The fourth-order valence-electron chi connectivity index (χ4n) is 3.16. The first kappa shape index (κ1) is 24.4. The molecule has 1 aromatic rings. The second-order valence-electron chi connectivity index (χ2n) is 7.22. The molecule has 1 aliphatic rings. The zero-order chi connectivity index (χ0) is 22.0. The smallest absolute Gasteiger partial charge is 0.213 e. The number of benzene rings is 1. The molecule has 0 saturated carbocycles. The van der Waals surface area contributed by atoms with E-state index in [4.69, 9.17) is 9.47 Å². The van der Waals surface area contributed by atoms with Crippen LogP contribution in [0.3, 0.4) is 0 Å². The van der Waals surface area contributed by atoms with Crippen molar-refractivity contribution in [2.24, 2.45) is 4.99 Å². The summed E-state index contributed by atoms with van der Waals surface area (Å²) in [6.45, 7) is 4.08. The van der Waals surface area contributed by atoms with E-state index >= 15 is 0 Å². The van der Waals surface area contributed by atoms with E-state index in [0.717, 1.165) is 24.8 Å². The molecule has 1 unspecified atom stereocenters. The van der Waals surface area contributed by atoms with E-state index in [2.05, 4.69) is 15.0 Å². The van der Waals surface area contributed by atoms with E-state index in [-0.39, 0.29) is 24.2 Å². The van der Waals surface area contributed by atoms with Gasteiger partial charge in [-0.3, -0.25) is 4.99 Å². The zero-order valence-electron chi connectivity index (χ0n) is 18.0. The number of halogens is 1. The van der Waals surface area contributed by atoms with E-state index in [1.807, 2.05) is 18.9 Å². The molecule has 0 bridgehead atoms. The summed E-state index contributed by atoms with van der Waals surface area (Å²) in [5.74, 6) is 0.210. The second kappa shape index (κ2) is 12.1. The van der Waals surface area contributed by atoms with Gasteiger partial charge in [0, 0.05) is 33.3 Å². The van der Waals surface area contributed by atoms with Crippen LogP contribution in [0, 0.1) is 5.82 Å². The summed E-state index contributed by atoms with van der Waals surface area (Å²) in [4.78, 5) is 6.23. The molecule has 1 aliphatic heterocycles. The number of methoxy groups -OCH3 is 1. The van der Waals surface area contributed by atoms with Gasteiger partial charge in [-0.05, 0) is 43.9 Å². The fourth-order valence-corrected chi connectivity index (χ4v) is 4.07. The van der Waals surface area contributed by atoms with Gasteiger partial charge in [-0.25, -0.2) is 17.5 Å². The molecule has 30 heavy (non-hydrogen) atoms. The van der Waals surface area contributed by atoms with Crippen LogP contribution < -0.4 is 14.8 Å². The Labute approximate surface area is 178 Å². The summed E-state index contributed by atoms with van der Waals surface area (Å²) in [5, 5.41) is 3.13. The minimum Gasteiger partial charge on any atom is -0.494 e. The first-order chi connectivity index (χ1) is 14.3. The molecule has 0 aromatic heterocycles. The van der Waals surface area contributed by atoms with Crippen LogP contribution in [0.4, 0.5) is 4.39 Å². The van der Waals surface area contributed by atoms with Gasteiger partial charge in [0.15, 0.2) is 17.5 Å². The Morgan fingerprint density at radius 3 is 2.83 bits per heavy atom. The monoisotopic (exact) mass is 444 g/mol. The van der Waals surface area contributed by atoms with Crippen LogP contribution in [-0.2, 0) is 21.3 Å². The zero-order valence-corrected chi connectivity index (χ0v) is 18.8. The average Bonchev–Trinajstić information content (AvgIpc) is 2.72. The lowest BCUT2D eigenvalue weighted by atomic mass is 10.1. The molecule has 1 atom stereocenters. The number of ether oxygens (including phenoxy) is 2. The molecule has 8 nitrogen and oxygen atoms in total. The van der Waals surface area contributed by atoms with Gasteiger partial charge in [-0.15, -0.1) is 0 Å². The Morgan fingerprint density at radius 1 is 1.40 bits per heavy atom. The van der Waals surface area contributed by atoms with Gasteiger partial charge in [0.2, 0.25) is 10.0 Å². The average molecular weight is 445 g/mol. The Morgan fingerprint density at radius 2 is 2.20 bits per heavy atom. The standard InChI is InChI=1S/C20H33FN4O4S/c1-4-22-20(25(2)15-16-8-9-19(28-3)18(21)13-16)23-10-12-30(26,27)24-14-17-7-5-6-11-29-17/h8-9,13,17,24H,4-7,10-12,14-15H2,1-3H3,(H,22,23). The highest BCUT2D eigenvalue weighted by atomic mass is 32.2. The van der Waals surface area contributed by atoms with Gasteiger partial charge in [0.1, 0.15) is 0 Å². The van der Waals surface area contributed by atoms with Gasteiger partial charge in [-0.1, -0.05) is 6.07 Å². The van der Waals surface area contributed by atoms with Crippen molar-refractivity contribution in [3.63, 3.8) is 0 Å². The number of hydrogen-bond acceptors (Lipinski definition) is 5. The van der Waals surface area contributed by atoms with Crippen LogP contribution in [0.25, 0.3) is 0 Å². The largest absolute Gasteiger partial charge is 0.494 e. The maximum atomic E-state index is 13.9. The van der Waals surface area contributed by atoms with Crippen molar-refractivity contribution in [3.8, 4) is 5.75 Å². The number of sulfonamides is 1. The summed E-state index contributed by atoms with van der Waals surface area (Å²) >= 11 is 0. The Bertz CT molecular complexity index is 798. The van der Waals surface area contributed by atoms with Gasteiger partial charge < -0.3 is 19.7 Å². The Balaban J connectivity index is 1.89. The minimum absolute atomic E-state index is 0.0506. The first-order valence-corrected chi connectivity index (χ1v) is 11.9. The van der Waals surface area contributed by atoms with E-state index in [1.165, 1.54) is 13.2 Å². The number of nitrogens with one attached hydrogen (secondary N) is 2. The molecule has 170 valence electrons. The predicted octanol–water partition coefficient (Wildman–Crippen LogP) is 1.72. The molecule has 0 radical (unpaired) electrons. The highest BCUT2D eigenvalue weighted by Crippen LogP contribution is 2.18. The van der Waals surface area contributed by atoms with Crippen molar-refractivity contribution >= 4 is 16.0 Å². The van der Waals surface area contributed by atoms with Crippen molar-refractivity contribution in [1.82, 2.24) is 14.9 Å². The fraction of sp³-hybridized carbons (Fsp3) is 0.650. The summed E-state index contributed by atoms with van der Waals surface area (Å²) in [6.07, 6.45) is 2.92. The summed E-state index contributed by atoms with van der Waals surface area (Å²) < 4.78 is 51.5. The van der Waals surface area contributed by atoms with Gasteiger partial charge in [-0.2, -0.15) is 0 Å². The van der Waals surface area contributed by atoms with E-state index in [9.17, 15) is 12.8 Å². The highest BCUT2D eigenvalue weighted by Gasteiger charge is 2.18. The second-order valence-corrected chi connectivity index (χ2v) is 9.14. The van der Waals surface area contributed by atoms with Gasteiger partial charge in [0.05, 0.1) is 25.5 Å². The highest BCUT2D eigenvalue weighted by molar-refractivity contribution is 7.89. The molecule has 1 aromatic carbocycles. The lowest BCUT2D eigenvalue weighted by Crippen LogP contribution is -2.39. The molecule has 0 amide bonds.